The molecule has 0 saturated carbocycles. The molecule has 4 nitrogen and oxygen atoms in total. The van der Waals surface area contributed by atoms with Crippen molar-refractivity contribution in [2.45, 2.75) is 38.8 Å². The largest absolute Gasteiger partial charge is 0.352 e. The second-order valence-corrected chi connectivity index (χ2v) is 7.68. The van der Waals surface area contributed by atoms with Crippen LogP contribution >= 0.6 is 0 Å². The lowest BCUT2D eigenvalue weighted by molar-refractivity contribution is -0.123. The van der Waals surface area contributed by atoms with Crippen LogP contribution in [0, 0.1) is 0 Å². The Morgan fingerprint density at radius 1 is 0.933 bits per heavy atom. The molecule has 1 amide bonds. The molecular formula is C26H27N3O. The normalized spacial score (nSPS) is 13.1. The predicted octanol–water partition coefficient (Wildman–Crippen LogP) is 5.13. The second kappa shape index (κ2) is 8.95. The van der Waals surface area contributed by atoms with Crippen molar-refractivity contribution in [1.29, 1.82) is 0 Å². The number of nitrogens with zero attached hydrogens (tertiary/aromatic N) is 2. The Morgan fingerprint density at radius 3 is 2.27 bits per heavy atom. The van der Waals surface area contributed by atoms with Crippen molar-refractivity contribution >= 4 is 16.9 Å². The van der Waals surface area contributed by atoms with Gasteiger partial charge in [-0.3, -0.25) is 4.79 Å². The van der Waals surface area contributed by atoms with Crippen molar-refractivity contribution in [3.63, 3.8) is 0 Å². The topological polar surface area (TPSA) is 46.9 Å². The first-order chi connectivity index (χ1) is 14.7. The molecule has 0 fully saturated rings. The van der Waals surface area contributed by atoms with Crippen LogP contribution in [-0.2, 0) is 11.2 Å². The number of amides is 1. The van der Waals surface area contributed by atoms with Gasteiger partial charge in [0.1, 0.15) is 11.9 Å². The number of hydrogen-bond acceptors (Lipinski definition) is 2. The van der Waals surface area contributed by atoms with E-state index in [2.05, 4.69) is 28.9 Å². The lowest BCUT2D eigenvalue weighted by atomic mass is 10.0. The summed E-state index contributed by atoms with van der Waals surface area (Å²) < 4.78 is 2.11. The highest BCUT2D eigenvalue weighted by Gasteiger charge is 2.28. The molecule has 1 aromatic heterocycles. The number of rotatable bonds is 7. The van der Waals surface area contributed by atoms with Gasteiger partial charge in [-0.25, -0.2) is 4.98 Å². The molecule has 1 N–H and O–H groups in total. The van der Waals surface area contributed by atoms with E-state index in [0.717, 1.165) is 28.8 Å². The zero-order valence-corrected chi connectivity index (χ0v) is 17.5. The minimum absolute atomic E-state index is 0.00647. The summed E-state index contributed by atoms with van der Waals surface area (Å²) in [4.78, 5) is 18.4. The molecule has 0 unspecified atom stereocenters. The standard InChI is InChI=1S/C26H27N3O/c1-3-19(2)27-26(30)25(21-14-8-5-9-15-21)29-23-17-11-10-16-22(23)28-24(29)18-20-12-6-4-7-13-20/h4-17,19,25H,3,18H2,1-2H3,(H,27,30)/t19-,25+/m1/s1. The molecule has 0 bridgehead atoms. The number of fused-ring (bicyclic) bond motifs is 1. The highest BCUT2D eigenvalue weighted by atomic mass is 16.2. The van der Waals surface area contributed by atoms with E-state index in [-0.39, 0.29) is 11.9 Å². The van der Waals surface area contributed by atoms with Gasteiger partial charge in [0.2, 0.25) is 5.91 Å². The van der Waals surface area contributed by atoms with Gasteiger partial charge < -0.3 is 9.88 Å². The van der Waals surface area contributed by atoms with Crippen molar-refractivity contribution in [1.82, 2.24) is 14.9 Å². The quantitative estimate of drug-likeness (QED) is 0.470. The Bertz CT molecular complexity index is 1120. The van der Waals surface area contributed by atoms with E-state index < -0.39 is 6.04 Å². The Labute approximate surface area is 177 Å². The number of nitrogens with one attached hydrogen (secondary N) is 1. The number of carbonyl (C=O) groups excluding carboxylic acids is 1. The Morgan fingerprint density at radius 2 is 1.57 bits per heavy atom. The molecule has 0 aliphatic rings. The Balaban J connectivity index is 1.87. The second-order valence-electron chi connectivity index (χ2n) is 7.68. The van der Waals surface area contributed by atoms with E-state index >= 15 is 0 Å². The van der Waals surface area contributed by atoms with Crippen molar-refractivity contribution in [2.24, 2.45) is 0 Å². The fraction of sp³-hybridized carbons (Fsp3) is 0.231. The maximum absolute atomic E-state index is 13.5. The molecule has 1 heterocycles. The third-order valence-electron chi connectivity index (χ3n) is 5.50. The van der Waals surface area contributed by atoms with Gasteiger partial charge in [0.05, 0.1) is 11.0 Å². The molecule has 3 aromatic carbocycles. The first-order valence-corrected chi connectivity index (χ1v) is 10.5. The summed E-state index contributed by atoms with van der Waals surface area (Å²) in [5, 5.41) is 3.18. The van der Waals surface area contributed by atoms with Crippen LogP contribution in [0.4, 0.5) is 0 Å². The minimum atomic E-state index is -0.480. The van der Waals surface area contributed by atoms with E-state index in [9.17, 15) is 4.79 Å². The monoisotopic (exact) mass is 397 g/mol. The molecule has 0 radical (unpaired) electrons. The maximum Gasteiger partial charge on any atom is 0.247 e. The first-order valence-electron chi connectivity index (χ1n) is 10.5. The highest BCUT2D eigenvalue weighted by Crippen LogP contribution is 2.28. The number of carbonyl (C=O) groups is 1. The summed E-state index contributed by atoms with van der Waals surface area (Å²) in [5.41, 5.74) is 4.00. The molecule has 0 aliphatic heterocycles. The zero-order valence-electron chi connectivity index (χ0n) is 17.5. The maximum atomic E-state index is 13.5. The van der Waals surface area contributed by atoms with Gasteiger partial charge in [0.25, 0.3) is 0 Å². The number of para-hydroxylation sites is 2. The summed E-state index contributed by atoms with van der Waals surface area (Å²) in [5.74, 6) is 0.878. The van der Waals surface area contributed by atoms with Crippen molar-refractivity contribution in [3.8, 4) is 0 Å². The smallest absolute Gasteiger partial charge is 0.247 e. The molecular weight excluding hydrogens is 370 g/mol. The van der Waals surface area contributed by atoms with E-state index in [0.29, 0.717) is 6.42 Å². The van der Waals surface area contributed by atoms with E-state index in [1.807, 2.05) is 79.7 Å². The van der Waals surface area contributed by atoms with Crippen LogP contribution in [0.15, 0.2) is 84.9 Å². The van der Waals surface area contributed by atoms with Crippen LogP contribution in [-0.4, -0.2) is 21.5 Å². The van der Waals surface area contributed by atoms with Crippen LogP contribution < -0.4 is 5.32 Å². The van der Waals surface area contributed by atoms with E-state index in [4.69, 9.17) is 4.98 Å². The average molecular weight is 398 g/mol. The van der Waals surface area contributed by atoms with E-state index in [1.165, 1.54) is 5.56 Å². The summed E-state index contributed by atoms with van der Waals surface area (Å²) in [6.45, 7) is 4.12. The summed E-state index contributed by atoms with van der Waals surface area (Å²) in [7, 11) is 0. The van der Waals surface area contributed by atoms with Gasteiger partial charge in [-0.05, 0) is 36.6 Å². The molecule has 152 valence electrons. The number of benzene rings is 3. The summed E-state index contributed by atoms with van der Waals surface area (Å²) in [6.07, 6.45) is 1.55. The number of hydrogen-bond donors (Lipinski definition) is 1. The van der Waals surface area contributed by atoms with Gasteiger partial charge in [-0.1, -0.05) is 79.7 Å². The van der Waals surface area contributed by atoms with Crippen molar-refractivity contribution < 1.29 is 4.79 Å². The van der Waals surface area contributed by atoms with Gasteiger partial charge in [0.15, 0.2) is 0 Å². The molecule has 4 rings (SSSR count). The molecule has 4 heteroatoms. The van der Waals surface area contributed by atoms with Crippen LogP contribution in [0.3, 0.4) is 0 Å². The van der Waals surface area contributed by atoms with Gasteiger partial charge in [0, 0.05) is 12.5 Å². The summed E-state index contributed by atoms with van der Waals surface area (Å²) >= 11 is 0. The average Bonchev–Trinajstić information content (AvgIpc) is 3.13. The minimum Gasteiger partial charge on any atom is -0.352 e. The Kier molecular flexibility index (Phi) is 5.94. The van der Waals surface area contributed by atoms with Gasteiger partial charge >= 0.3 is 0 Å². The van der Waals surface area contributed by atoms with Gasteiger partial charge in [-0.2, -0.15) is 0 Å². The lowest BCUT2D eigenvalue weighted by Crippen LogP contribution is -2.39. The van der Waals surface area contributed by atoms with Crippen molar-refractivity contribution in [3.05, 3.63) is 102 Å². The first kappa shape index (κ1) is 19.9. The molecule has 4 aromatic rings. The molecule has 0 aliphatic carbocycles. The third-order valence-corrected chi connectivity index (χ3v) is 5.50. The van der Waals surface area contributed by atoms with Crippen LogP contribution in [0.1, 0.15) is 43.3 Å². The number of imidazole rings is 1. The summed E-state index contributed by atoms with van der Waals surface area (Å²) in [6, 6.07) is 27.9. The zero-order chi connectivity index (χ0) is 20.9. The SMILES string of the molecule is CC[C@@H](C)NC(=O)[C@H](c1ccccc1)n1c(Cc2ccccc2)nc2ccccc21. The lowest BCUT2D eigenvalue weighted by Gasteiger charge is -2.24. The third kappa shape index (κ3) is 4.13. The fourth-order valence-electron chi connectivity index (χ4n) is 3.76. The molecule has 0 saturated heterocycles. The molecule has 2 atom stereocenters. The van der Waals surface area contributed by atoms with Crippen molar-refractivity contribution in [2.75, 3.05) is 0 Å². The van der Waals surface area contributed by atoms with Crippen LogP contribution in [0.5, 0.6) is 0 Å². The molecule has 30 heavy (non-hydrogen) atoms. The number of aromatic nitrogens is 2. The van der Waals surface area contributed by atoms with E-state index in [1.54, 1.807) is 0 Å². The van der Waals surface area contributed by atoms with Crippen LogP contribution in [0.25, 0.3) is 11.0 Å². The van der Waals surface area contributed by atoms with Crippen LogP contribution in [0.2, 0.25) is 0 Å². The predicted molar refractivity (Wildman–Crippen MR) is 121 cm³/mol. The van der Waals surface area contributed by atoms with Gasteiger partial charge in [-0.15, -0.1) is 0 Å². The Hall–Kier alpha value is -3.40. The highest BCUT2D eigenvalue weighted by molar-refractivity contribution is 5.87. The fourth-order valence-corrected chi connectivity index (χ4v) is 3.76. The molecule has 0 spiro atoms.